The molecule has 0 unspecified atom stereocenters. The van der Waals surface area contributed by atoms with Gasteiger partial charge in [-0.15, -0.1) is 0 Å². The SMILES string of the molecule is Cc1cnccn1.O.O.O. The molecule has 10 heavy (non-hydrogen) atoms. The van der Waals surface area contributed by atoms with E-state index in [1.807, 2.05) is 6.92 Å². The molecule has 0 aliphatic carbocycles. The summed E-state index contributed by atoms with van der Waals surface area (Å²) in [5.74, 6) is 0. The summed E-state index contributed by atoms with van der Waals surface area (Å²) in [6.45, 7) is 1.91. The van der Waals surface area contributed by atoms with Crippen LogP contribution in [0.3, 0.4) is 0 Å². The van der Waals surface area contributed by atoms with Gasteiger partial charge in [-0.1, -0.05) is 0 Å². The molecule has 0 fully saturated rings. The predicted octanol–water partition coefficient (Wildman–Crippen LogP) is -1.69. The lowest BCUT2D eigenvalue weighted by molar-refractivity contribution is 0.823. The average molecular weight is 148 g/mol. The second-order valence-corrected chi connectivity index (χ2v) is 1.35. The summed E-state index contributed by atoms with van der Waals surface area (Å²) < 4.78 is 0. The van der Waals surface area contributed by atoms with Gasteiger partial charge < -0.3 is 16.4 Å². The fourth-order valence-electron chi connectivity index (χ4n) is 0.374. The van der Waals surface area contributed by atoms with Crippen LogP contribution in [0.5, 0.6) is 0 Å². The van der Waals surface area contributed by atoms with Crippen molar-refractivity contribution in [3.63, 3.8) is 0 Å². The molecule has 0 aromatic carbocycles. The van der Waals surface area contributed by atoms with Crippen molar-refractivity contribution in [2.45, 2.75) is 6.92 Å². The molecule has 0 spiro atoms. The predicted molar refractivity (Wildman–Crippen MR) is 37.6 cm³/mol. The van der Waals surface area contributed by atoms with Gasteiger partial charge in [-0.25, -0.2) is 0 Å². The molecule has 0 saturated carbocycles. The van der Waals surface area contributed by atoms with Crippen molar-refractivity contribution in [3.05, 3.63) is 24.3 Å². The normalized spacial score (nSPS) is 6.10. The van der Waals surface area contributed by atoms with Gasteiger partial charge in [0.2, 0.25) is 0 Å². The Bertz CT molecular complexity index is 145. The number of hydrogen-bond acceptors (Lipinski definition) is 2. The Morgan fingerprint density at radius 2 is 1.70 bits per heavy atom. The largest absolute Gasteiger partial charge is 0.412 e. The zero-order chi connectivity index (χ0) is 5.11. The maximum absolute atomic E-state index is 3.92. The number of aryl methyl sites for hydroxylation is 1. The monoisotopic (exact) mass is 148 g/mol. The van der Waals surface area contributed by atoms with Crippen molar-refractivity contribution in [1.29, 1.82) is 0 Å². The molecule has 0 aliphatic rings. The fourth-order valence-corrected chi connectivity index (χ4v) is 0.374. The first-order valence-electron chi connectivity index (χ1n) is 2.12. The molecule has 1 heterocycles. The number of hydrogen-bond donors (Lipinski definition) is 0. The summed E-state index contributed by atoms with van der Waals surface area (Å²) >= 11 is 0. The average Bonchev–Trinajstić information content (AvgIpc) is 1.69. The van der Waals surface area contributed by atoms with Gasteiger partial charge in [0.05, 0.1) is 5.69 Å². The Kier molecular flexibility index (Phi) is 12.7. The van der Waals surface area contributed by atoms with Crippen LogP contribution in [0.15, 0.2) is 18.6 Å². The van der Waals surface area contributed by atoms with Crippen LogP contribution >= 0.6 is 0 Å². The van der Waals surface area contributed by atoms with Crippen LogP contribution in [-0.4, -0.2) is 26.4 Å². The molecule has 1 aromatic rings. The van der Waals surface area contributed by atoms with E-state index in [2.05, 4.69) is 9.97 Å². The zero-order valence-corrected chi connectivity index (χ0v) is 5.63. The Labute approximate surface area is 58.7 Å². The van der Waals surface area contributed by atoms with Gasteiger partial charge in [0.15, 0.2) is 0 Å². The quantitative estimate of drug-likeness (QED) is 0.436. The Morgan fingerprint density at radius 1 is 1.10 bits per heavy atom. The van der Waals surface area contributed by atoms with E-state index in [1.165, 1.54) is 0 Å². The summed E-state index contributed by atoms with van der Waals surface area (Å²) in [4.78, 5) is 7.74. The molecule has 60 valence electrons. The molecule has 1 aromatic heterocycles. The van der Waals surface area contributed by atoms with Crippen LogP contribution < -0.4 is 0 Å². The van der Waals surface area contributed by atoms with E-state index in [-0.39, 0.29) is 16.4 Å². The minimum absolute atomic E-state index is 0. The molecule has 0 aliphatic heterocycles. The Balaban J connectivity index is -0.000000163. The van der Waals surface area contributed by atoms with E-state index in [9.17, 15) is 0 Å². The topological polar surface area (TPSA) is 120 Å². The summed E-state index contributed by atoms with van der Waals surface area (Å²) in [5, 5.41) is 0. The molecule has 0 bridgehead atoms. The van der Waals surface area contributed by atoms with Gasteiger partial charge in [0.1, 0.15) is 0 Å². The first-order valence-corrected chi connectivity index (χ1v) is 2.12. The molecule has 0 atom stereocenters. The molecular weight excluding hydrogens is 136 g/mol. The molecular formula is C5H12N2O3. The van der Waals surface area contributed by atoms with Crippen LogP contribution in [0.1, 0.15) is 5.69 Å². The van der Waals surface area contributed by atoms with Gasteiger partial charge in [-0.05, 0) is 6.92 Å². The van der Waals surface area contributed by atoms with Crippen LogP contribution in [0, 0.1) is 6.92 Å². The lowest BCUT2D eigenvalue weighted by Gasteiger charge is -1.81. The second kappa shape index (κ2) is 7.96. The first kappa shape index (κ1) is 16.0. The maximum atomic E-state index is 3.92. The van der Waals surface area contributed by atoms with Crippen LogP contribution in [0.2, 0.25) is 0 Å². The van der Waals surface area contributed by atoms with E-state index in [1.54, 1.807) is 18.6 Å². The van der Waals surface area contributed by atoms with Crippen LogP contribution in [0.4, 0.5) is 0 Å². The highest BCUT2D eigenvalue weighted by molar-refractivity contribution is 4.88. The van der Waals surface area contributed by atoms with Gasteiger partial charge in [-0.3, -0.25) is 9.97 Å². The van der Waals surface area contributed by atoms with Gasteiger partial charge >= 0.3 is 0 Å². The summed E-state index contributed by atoms with van der Waals surface area (Å²) in [7, 11) is 0. The van der Waals surface area contributed by atoms with Gasteiger partial charge in [0.25, 0.3) is 0 Å². The molecule has 0 amide bonds. The Morgan fingerprint density at radius 3 is 1.90 bits per heavy atom. The second-order valence-electron chi connectivity index (χ2n) is 1.35. The van der Waals surface area contributed by atoms with Crippen molar-refractivity contribution in [2.75, 3.05) is 0 Å². The highest BCUT2D eigenvalue weighted by atomic mass is 16.0. The minimum Gasteiger partial charge on any atom is -0.412 e. The highest BCUT2D eigenvalue weighted by Gasteiger charge is 1.74. The standard InChI is InChI=1S/C5H6N2.3H2O/c1-5-4-6-2-3-7-5;;;/h2-4H,1H3;3*1H2. The maximum Gasteiger partial charge on any atom is 0.0555 e. The van der Waals surface area contributed by atoms with E-state index in [0.29, 0.717) is 0 Å². The lowest BCUT2D eigenvalue weighted by Crippen LogP contribution is -1.77. The first-order chi connectivity index (χ1) is 3.39. The summed E-state index contributed by atoms with van der Waals surface area (Å²) in [6, 6.07) is 0. The number of nitrogens with zero attached hydrogens (tertiary/aromatic N) is 2. The van der Waals surface area contributed by atoms with Crippen molar-refractivity contribution in [2.24, 2.45) is 0 Å². The molecule has 0 radical (unpaired) electrons. The minimum atomic E-state index is 0. The molecule has 5 heteroatoms. The van der Waals surface area contributed by atoms with Gasteiger partial charge in [0, 0.05) is 18.6 Å². The van der Waals surface area contributed by atoms with E-state index < -0.39 is 0 Å². The third-order valence-corrected chi connectivity index (χ3v) is 0.692. The number of rotatable bonds is 0. The van der Waals surface area contributed by atoms with E-state index in [0.717, 1.165) is 5.69 Å². The highest BCUT2D eigenvalue weighted by Crippen LogP contribution is 1.81. The Hall–Kier alpha value is -1.04. The summed E-state index contributed by atoms with van der Waals surface area (Å²) in [6.07, 6.45) is 5.06. The smallest absolute Gasteiger partial charge is 0.0555 e. The van der Waals surface area contributed by atoms with Crippen molar-refractivity contribution in [1.82, 2.24) is 9.97 Å². The molecule has 5 nitrogen and oxygen atoms in total. The van der Waals surface area contributed by atoms with Crippen molar-refractivity contribution in [3.8, 4) is 0 Å². The third kappa shape index (κ3) is 5.10. The van der Waals surface area contributed by atoms with Crippen LogP contribution in [-0.2, 0) is 0 Å². The lowest BCUT2D eigenvalue weighted by atomic mass is 10.5. The van der Waals surface area contributed by atoms with Crippen LogP contribution in [0.25, 0.3) is 0 Å². The molecule has 1 rings (SSSR count). The van der Waals surface area contributed by atoms with Crippen molar-refractivity contribution < 1.29 is 16.4 Å². The fraction of sp³-hybridized carbons (Fsp3) is 0.200. The summed E-state index contributed by atoms with van der Waals surface area (Å²) in [5.41, 5.74) is 0.961. The third-order valence-electron chi connectivity index (χ3n) is 0.692. The molecule has 0 saturated heterocycles. The van der Waals surface area contributed by atoms with Gasteiger partial charge in [-0.2, -0.15) is 0 Å². The van der Waals surface area contributed by atoms with E-state index in [4.69, 9.17) is 0 Å². The number of aromatic nitrogens is 2. The van der Waals surface area contributed by atoms with E-state index >= 15 is 0 Å². The molecule has 6 N–H and O–H groups in total. The zero-order valence-electron chi connectivity index (χ0n) is 5.63. The van der Waals surface area contributed by atoms with Crippen molar-refractivity contribution >= 4 is 0 Å².